The molecule has 6 heteroatoms. The molecule has 1 radical (unpaired) electrons. The molecule has 16 heavy (non-hydrogen) atoms. The number of phosphoric ester groups is 1. The Morgan fingerprint density at radius 3 is 2.31 bits per heavy atom. The summed E-state index contributed by atoms with van der Waals surface area (Å²) in [5, 5.41) is 1.43. The molecule has 0 aliphatic carbocycles. The van der Waals surface area contributed by atoms with Crippen LogP contribution in [0.25, 0.3) is 10.8 Å². The molecule has 0 atom stereocenters. The molecule has 0 amide bonds. The van der Waals surface area contributed by atoms with Crippen LogP contribution >= 0.6 is 7.82 Å². The number of hydrogen-bond acceptors (Lipinski definition) is 4. The van der Waals surface area contributed by atoms with Gasteiger partial charge in [-0.1, -0.05) is 36.4 Å². The minimum Gasteiger partial charge on any atom is -0.780 e. The monoisotopic (exact) mass is 285 g/mol. The van der Waals surface area contributed by atoms with Gasteiger partial charge in [0.2, 0.25) is 0 Å². The summed E-state index contributed by atoms with van der Waals surface area (Å²) < 4.78 is 14.9. The smallest absolute Gasteiger partial charge is 0.780 e. The topological polar surface area (TPSA) is 72.4 Å². The predicted molar refractivity (Wildman–Crippen MR) is 52.2 cm³/mol. The van der Waals surface area contributed by atoms with E-state index >= 15 is 0 Å². The molecule has 0 saturated carbocycles. The van der Waals surface area contributed by atoms with E-state index in [2.05, 4.69) is 4.52 Å². The number of phosphoric acid groups is 1. The minimum absolute atomic E-state index is 0. The van der Waals surface area contributed by atoms with Crippen molar-refractivity contribution in [3.8, 4) is 5.75 Å². The molecule has 0 aromatic heterocycles. The summed E-state index contributed by atoms with van der Waals surface area (Å²) >= 11 is 0. The van der Waals surface area contributed by atoms with Gasteiger partial charge >= 0.3 is 17.1 Å². The van der Waals surface area contributed by atoms with E-state index < -0.39 is 7.82 Å². The molecular weight excluding hydrogens is 279 g/mol. The zero-order valence-corrected chi connectivity index (χ0v) is 9.76. The molecule has 0 N–H and O–H groups in total. The molecule has 0 fully saturated rings. The summed E-state index contributed by atoms with van der Waals surface area (Å²) in [5.41, 5.74) is 0. The molecule has 2 rings (SSSR count). The first-order chi connectivity index (χ1) is 7.06. The van der Waals surface area contributed by atoms with E-state index in [0.717, 1.165) is 5.39 Å². The Kier molecular flexibility index (Phi) is 4.14. The van der Waals surface area contributed by atoms with E-state index in [-0.39, 0.29) is 22.8 Å². The maximum absolute atomic E-state index is 10.5. The molecule has 87 valence electrons. The van der Waals surface area contributed by atoms with Gasteiger partial charge in [0.25, 0.3) is 0 Å². The van der Waals surface area contributed by atoms with Crippen LogP contribution in [0, 0.1) is 0 Å². The van der Waals surface area contributed by atoms with Crippen molar-refractivity contribution >= 4 is 18.6 Å². The number of hydrogen-bond donors (Lipinski definition) is 0. The Morgan fingerprint density at radius 2 is 1.62 bits per heavy atom. The number of fused-ring (bicyclic) bond motifs is 1. The normalized spacial score (nSPS) is 10.9. The van der Waals surface area contributed by atoms with Crippen molar-refractivity contribution in [3.63, 3.8) is 0 Å². The van der Waals surface area contributed by atoms with Crippen LogP contribution in [0.3, 0.4) is 0 Å². The Morgan fingerprint density at radius 1 is 1.00 bits per heavy atom. The van der Waals surface area contributed by atoms with E-state index in [0.29, 0.717) is 5.39 Å². The first-order valence-electron chi connectivity index (χ1n) is 4.26. The van der Waals surface area contributed by atoms with Gasteiger partial charge in [0.05, 0.1) is 0 Å². The molecule has 0 bridgehead atoms. The van der Waals surface area contributed by atoms with Gasteiger partial charge in [-0.2, -0.15) is 0 Å². The van der Waals surface area contributed by atoms with Crippen LogP contribution in [0.4, 0.5) is 0 Å². The third-order valence-corrected chi connectivity index (χ3v) is 2.38. The average molecular weight is 286 g/mol. The van der Waals surface area contributed by atoms with E-state index in [4.69, 9.17) is 0 Å². The third-order valence-electron chi connectivity index (χ3n) is 1.96. The molecule has 0 aliphatic rings. The molecule has 0 saturated heterocycles. The Balaban J connectivity index is 0.00000128. The SMILES string of the molecule is O=P([O-])([O-])Oc1cccc2ccccc12.[Cu+2]. The molecule has 4 nitrogen and oxygen atoms in total. The summed E-state index contributed by atoms with van der Waals surface area (Å²) in [6.45, 7) is 0. The fourth-order valence-corrected chi connectivity index (χ4v) is 1.80. The molecule has 0 unspecified atom stereocenters. The van der Waals surface area contributed by atoms with Gasteiger partial charge in [-0.15, -0.1) is 0 Å². The van der Waals surface area contributed by atoms with E-state index in [9.17, 15) is 14.4 Å². The zero-order chi connectivity index (χ0) is 10.9. The van der Waals surface area contributed by atoms with Crippen LogP contribution in [0.15, 0.2) is 42.5 Å². The van der Waals surface area contributed by atoms with Crippen molar-refractivity contribution < 1.29 is 35.9 Å². The van der Waals surface area contributed by atoms with Gasteiger partial charge in [-0.25, -0.2) is 0 Å². The van der Waals surface area contributed by atoms with Gasteiger partial charge in [-0.05, 0) is 11.5 Å². The van der Waals surface area contributed by atoms with E-state index in [1.807, 2.05) is 18.2 Å². The van der Waals surface area contributed by atoms with E-state index in [1.54, 1.807) is 18.2 Å². The number of rotatable bonds is 2. The number of benzene rings is 2. The van der Waals surface area contributed by atoms with Crippen LogP contribution in [0.5, 0.6) is 5.75 Å². The summed E-state index contributed by atoms with van der Waals surface area (Å²) in [6, 6.07) is 12.0. The fourth-order valence-electron chi connectivity index (χ4n) is 1.40. The predicted octanol–water partition coefficient (Wildman–Crippen LogP) is 1.04. The van der Waals surface area contributed by atoms with Crippen molar-refractivity contribution in [1.29, 1.82) is 0 Å². The second-order valence-corrected chi connectivity index (χ2v) is 4.09. The molecular formula is C10H7CuO4P. The van der Waals surface area contributed by atoms with E-state index in [1.165, 1.54) is 6.07 Å². The van der Waals surface area contributed by atoms with Crippen LogP contribution in [-0.2, 0) is 21.6 Å². The molecule has 0 aliphatic heterocycles. The van der Waals surface area contributed by atoms with Crippen molar-refractivity contribution in [1.82, 2.24) is 0 Å². The summed E-state index contributed by atoms with van der Waals surface area (Å²) in [6.07, 6.45) is 0. The quantitative estimate of drug-likeness (QED) is 0.610. The standard InChI is InChI=1S/C10H9O4P.Cu/c11-15(12,13)14-10-7-3-5-8-4-1-2-6-9(8)10;/h1-7H,(H2,11,12,13);/q;+2/p-2. The van der Waals surface area contributed by atoms with Crippen molar-refractivity contribution in [2.45, 2.75) is 0 Å². The van der Waals surface area contributed by atoms with Gasteiger partial charge in [-0.3, -0.25) is 0 Å². The molecule has 2 aromatic carbocycles. The molecule has 0 spiro atoms. The van der Waals surface area contributed by atoms with Crippen LogP contribution in [0.2, 0.25) is 0 Å². The van der Waals surface area contributed by atoms with Crippen molar-refractivity contribution in [2.24, 2.45) is 0 Å². The second-order valence-electron chi connectivity index (χ2n) is 3.02. The largest absolute Gasteiger partial charge is 2.00 e. The first-order valence-corrected chi connectivity index (χ1v) is 5.72. The Hall–Kier alpha value is -0.831. The zero-order valence-electron chi connectivity index (χ0n) is 7.92. The summed E-state index contributed by atoms with van der Waals surface area (Å²) in [5.74, 6) is 0.0708. The molecule has 2 aromatic rings. The maximum Gasteiger partial charge on any atom is 2.00 e. The third kappa shape index (κ3) is 3.08. The first kappa shape index (κ1) is 13.2. The van der Waals surface area contributed by atoms with Crippen LogP contribution in [0.1, 0.15) is 0 Å². The average Bonchev–Trinajstić information content (AvgIpc) is 2.16. The van der Waals surface area contributed by atoms with Crippen molar-refractivity contribution in [3.05, 3.63) is 42.5 Å². The van der Waals surface area contributed by atoms with Crippen LogP contribution in [-0.4, -0.2) is 0 Å². The Labute approximate surface area is 103 Å². The fraction of sp³-hybridized carbons (Fsp3) is 0. The van der Waals surface area contributed by atoms with Crippen LogP contribution < -0.4 is 14.3 Å². The second kappa shape index (κ2) is 5.00. The van der Waals surface area contributed by atoms with Gasteiger partial charge in [0.15, 0.2) is 0 Å². The van der Waals surface area contributed by atoms with Crippen molar-refractivity contribution in [2.75, 3.05) is 0 Å². The summed E-state index contributed by atoms with van der Waals surface area (Å²) in [7, 11) is -4.99. The Bertz CT molecular complexity index is 532. The minimum atomic E-state index is -4.99. The molecule has 0 heterocycles. The summed E-state index contributed by atoms with van der Waals surface area (Å²) in [4.78, 5) is 21.0. The van der Waals surface area contributed by atoms with Gasteiger partial charge in [0, 0.05) is 5.39 Å². The van der Waals surface area contributed by atoms with Gasteiger partial charge in [0.1, 0.15) is 13.6 Å². The maximum atomic E-state index is 10.5. The van der Waals surface area contributed by atoms with Gasteiger partial charge < -0.3 is 18.9 Å².